The first-order valence-corrected chi connectivity index (χ1v) is 5.17. The molecule has 1 heterocycles. The average molecular weight is 241 g/mol. The van der Waals surface area contributed by atoms with Crippen LogP contribution in [0.25, 0.3) is 0 Å². The fourth-order valence-electron chi connectivity index (χ4n) is 1.21. The number of hydrogen-bond donors (Lipinski definition) is 3. The van der Waals surface area contributed by atoms with Crippen LogP contribution in [0.15, 0.2) is 16.8 Å². The molecule has 0 bridgehead atoms. The Morgan fingerprint density at radius 3 is 2.71 bits per heavy atom. The van der Waals surface area contributed by atoms with Crippen LogP contribution >= 0.6 is 0 Å². The minimum atomic E-state index is -1.06. The lowest BCUT2D eigenvalue weighted by Crippen LogP contribution is -2.48. The van der Waals surface area contributed by atoms with Gasteiger partial charge < -0.3 is 20.3 Å². The molecule has 7 heteroatoms. The molecular weight excluding hydrogens is 226 g/mol. The first-order chi connectivity index (χ1) is 8.00. The van der Waals surface area contributed by atoms with Crippen LogP contribution in [0.1, 0.15) is 19.6 Å². The number of carboxylic acids is 1. The first-order valence-electron chi connectivity index (χ1n) is 5.17. The Balaban J connectivity index is 2.40. The molecule has 0 aliphatic heterocycles. The summed E-state index contributed by atoms with van der Waals surface area (Å²) in [5.74, 6) is -0.755. The van der Waals surface area contributed by atoms with E-state index in [1.54, 1.807) is 19.9 Å². The number of rotatable bonds is 5. The highest BCUT2D eigenvalue weighted by molar-refractivity contribution is 5.82. The van der Waals surface area contributed by atoms with Gasteiger partial charge in [0.15, 0.2) is 5.76 Å². The Kier molecular flexibility index (Phi) is 4.50. The standard InChI is InChI=1S/C10H15N3O4/c1-6(2)8(9(14)15)13-10(16)11-5-7-3-4-12-17-7/h3-4,6,8H,5H2,1-2H3,(H,14,15)(H2,11,13,16)/t8-/m1/s1. The maximum absolute atomic E-state index is 11.4. The number of carboxylic acid groups (broad SMARTS) is 1. The van der Waals surface area contributed by atoms with E-state index in [2.05, 4.69) is 15.8 Å². The highest BCUT2D eigenvalue weighted by atomic mass is 16.5. The minimum absolute atomic E-state index is 0.163. The molecule has 17 heavy (non-hydrogen) atoms. The third-order valence-corrected chi connectivity index (χ3v) is 2.13. The molecule has 94 valence electrons. The molecule has 7 nitrogen and oxygen atoms in total. The summed E-state index contributed by atoms with van der Waals surface area (Å²) in [6.45, 7) is 3.60. The molecule has 1 aromatic heterocycles. The zero-order chi connectivity index (χ0) is 12.8. The van der Waals surface area contributed by atoms with Gasteiger partial charge in [-0.2, -0.15) is 0 Å². The SMILES string of the molecule is CC(C)[C@@H](NC(=O)NCc1ccno1)C(=O)O. The molecule has 1 atom stereocenters. The van der Waals surface area contributed by atoms with Crippen molar-refractivity contribution in [3.05, 3.63) is 18.0 Å². The van der Waals surface area contributed by atoms with Crippen LogP contribution in [0, 0.1) is 5.92 Å². The number of aliphatic carboxylic acids is 1. The van der Waals surface area contributed by atoms with Gasteiger partial charge in [0, 0.05) is 6.07 Å². The monoisotopic (exact) mass is 241 g/mol. The number of urea groups is 1. The highest BCUT2D eigenvalue weighted by Gasteiger charge is 2.23. The number of hydrogen-bond acceptors (Lipinski definition) is 4. The lowest BCUT2D eigenvalue weighted by molar-refractivity contribution is -0.140. The Labute approximate surface area is 98.2 Å². The van der Waals surface area contributed by atoms with Crippen molar-refractivity contribution in [2.24, 2.45) is 5.92 Å². The van der Waals surface area contributed by atoms with Crippen LogP contribution < -0.4 is 10.6 Å². The van der Waals surface area contributed by atoms with Gasteiger partial charge in [0.05, 0.1) is 12.7 Å². The Morgan fingerprint density at radius 1 is 1.53 bits per heavy atom. The van der Waals surface area contributed by atoms with Crippen LogP contribution in [0.2, 0.25) is 0 Å². The van der Waals surface area contributed by atoms with Crippen molar-refractivity contribution in [2.45, 2.75) is 26.4 Å². The molecule has 1 aromatic rings. The van der Waals surface area contributed by atoms with E-state index in [0.29, 0.717) is 5.76 Å². The van der Waals surface area contributed by atoms with E-state index < -0.39 is 18.0 Å². The summed E-state index contributed by atoms with van der Waals surface area (Å²) in [7, 11) is 0. The Bertz CT molecular complexity index is 375. The predicted molar refractivity (Wildman–Crippen MR) is 58.1 cm³/mol. The zero-order valence-corrected chi connectivity index (χ0v) is 9.64. The molecular formula is C10H15N3O4. The summed E-state index contributed by atoms with van der Waals surface area (Å²) in [5, 5.41) is 17.2. The second kappa shape index (κ2) is 5.88. The predicted octanol–water partition coefficient (Wildman–Crippen LogP) is 0.583. The van der Waals surface area contributed by atoms with Crippen LogP contribution in [-0.4, -0.2) is 28.3 Å². The third kappa shape index (κ3) is 4.13. The molecule has 0 radical (unpaired) electrons. The van der Waals surface area contributed by atoms with Gasteiger partial charge in [-0.1, -0.05) is 19.0 Å². The normalized spacial score (nSPS) is 12.2. The molecule has 2 amide bonds. The second-order valence-electron chi connectivity index (χ2n) is 3.87. The van der Waals surface area contributed by atoms with Crippen LogP contribution in [0.5, 0.6) is 0 Å². The maximum Gasteiger partial charge on any atom is 0.326 e. The molecule has 0 saturated carbocycles. The third-order valence-electron chi connectivity index (χ3n) is 2.13. The number of nitrogens with one attached hydrogen (secondary N) is 2. The summed E-state index contributed by atoms with van der Waals surface area (Å²) in [4.78, 5) is 22.2. The Hall–Kier alpha value is -2.05. The van der Waals surface area contributed by atoms with E-state index >= 15 is 0 Å². The lowest BCUT2D eigenvalue weighted by Gasteiger charge is -2.17. The van der Waals surface area contributed by atoms with Crippen molar-refractivity contribution < 1.29 is 19.2 Å². The second-order valence-corrected chi connectivity index (χ2v) is 3.87. The van der Waals surface area contributed by atoms with Gasteiger partial charge in [0.2, 0.25) is 0 Å². The topological polar surface area (TPSA) is 104 Å². The van der Waals surface area contributed by atoms with E-state index in [0.717, 1.165) is 0 Å². The van der Waals surface area contributed by atoms with Crippen molar-refractivity contribution in [1.82, 2.24) is 15.8 Å². The number of carbonyl (C=O) groups excluding carboxylic acids is 1. The number of carbonyl (C=O) groups is 2. The summed E-state index contributed by atoms with van der Waals surface area (Å²) >= 11 is 0. The maximum atomic E-state index is 11.4. The van der Waals surface area contributed by atoms with E-state index in [1.807, 2.05) is 0 Å². The fraction of sp³-hybridized carbons (Fsp3) is 0.500. The van der Waals surface area contributed by atoms with Crippen LogP contribution in [0.3, 0.4) is 0 Å². The van der Waals surface area contributed by atoms with E-state index in [1.165, 1.54) is 6.20 Å². The molecule has 0 unspecified atom stereocenters. The lowest BCUT2D eigenvalue weighted by atomic mass is 10.1. The van der Waals surface area contributed by atoms with Gasteiger partial charge in [-0.25, -0.2) is 9.59 Å². The fourth-order valence-corrected chi connectivity index (χ4v) is 1.21. The number of aromatic nitrogens is 1. The van der Waals surface area contributed by atoms with Crippen LogP contribution in [0.4, 0.5) is 4.79 Å². The van der Waals surface area contributed by atoms with Crippen molar-refractivity contribution in [3.63, 3.8) is 0 Å². The molecule has 0 fully saturated rings. The summed E-state index contributed by atoms with van der Waals surface area (Å²) in [5.41, 5.74) is 0. The number of amides is 2. The van der Waals surface area contributed by atoms with Gasteiger partial charge in [-0.15, -0.1) is 0 Å². The van der Waals surface area contributed by atoms with Crippen LogP contribution in [-0.2, 0) is 11.3 Å². The molecule has 0 saturated heterocycles. The highest BCUT2D eigenvalue weighted by Crippen LogP contribution is 2.01. The van der Waals surface area contributed by atoms with Gasteiger partial charge in [-0.3, -0.25) is 0 Å². The van der Waals surface area contributed by atoms with Crippen molar-refractivity contribution in [3.8, 4) is 0 Å². The van der Waals surface area contributed by atoms with Gasteiger partial charge in [0.1, 0.15) is 6.04 Å². The zero-order valence-electron chi connectivity index (χ0n) is 9.64. The smallest absolute Gasteiger partial charge is 0.326 e. The average Bonchev–Trinajstić information content (AvgIpc) is 2.74. The number of nitrogens with zero attached hydrogens (tertiary/aromatic N) is 1. The largest absolute Gasteiger partial charge is 0.480 e. The summed E-state index contributed by atoms with van der Waals surface area (Å²) in [6.07, 6.45) is 1.46. The molecule has 3 N–H and O–H groups in total. The Morgan fingerprint density at radius 2 is 2.24 bits per heavy atom. The van der Waals surface area contributed by atoms with E-state index in [9.17, 15) is 9.59 Å². The molecule has 1 rings (SSSR count). The van der Waals surface area contributed by atoms with Crippen molar-refractivity contribution >= 4 is 12.0 Å². The molecule has 0 aliphatic carbocycles. The van der Waals surface area contributed by atoms with E-state index in [4.69, 9.17) is 9.63 Å². The van der Waals surface area contributed by atoms with Gasteiger partial charge in [-0.05, 0) is 5.92 Å². The van der Waals surface area contributed by atoms with Crippen molar-refractivity contribution in [2.75, 3.05) is 0 Å². The van der Waals surface area contributed by atoms with Gasteiger partial charge >= 0.3 is 12.0 Å². The minimum Gasteiger partial charge on any atom is -0.480 e. The first kappa shape index (κ1) is 13.0. The molecule has 0 spiro atoms. The van der Waals surface area contributed by atoms with E-state index in [-0.39, 0.29) is 12.5 Å². The molecule has 0 aromatic carbocycles. The van der Waals surface area contributed by atoms with Gasteiger partial charge in [0.25, 0.3) is 0 Å². The quantitative estimate of drug-likeness (QED) is 0.699. The molecule has 0 aliphatic rings. The summed E-state index contributed by atoms with van der Waals surface area (Å²) < 4.78 is 4.77. The summed E-state index contributed by atoms with van der Waals surface area (Å²) in [6, 6.07) is 0.143. The van der Waals surface area contributed by atoms with Crippen molar-refractivity contribution in [1.29, 1.82) is 0 Å².